The first kappa shape index (κ1) is 18.6. The maximum atomic E-state index is 13.7. The predicted molar refractivity (Wildman–Crippen MR) is 120 cm³/mol. The average molecular weight is 430 g/mol. The molecule has 3 aromatic carbocycles. The fourth-order valence-corrected chi connectivity index (χ4v) is 9.53. The molecule has 1 aliphatic heterocycles. The van der Waals surface area contributed by atoms with Crippen molar-refractivity contribution in [1.82, 2.24) is 4.57 Å². The van der Waals surface area contributed by atoms with E-state index in [1.54, 1.807) is 30.5 Å². The summed E-state index contributed by atoms with van der Waals surface area (Å²) in [6, 6.07) is 24.6. The quantitative estimate of drug-likeness (QED) is 0.408. The molecule has 0 bridgehead atoms. The van der Waals surface area contributed by atoms with Crippen molar-refractivity contribution in [2.45, 2.75) is 20.8 Å². The van der Waals surface area contributed by atoms with Gasteiger partial charge in [-0.05, 0) is 31.2 Å². The summed E-state index contributed by atoms with van der Waals surface area (Å²) >= 11 is 0. The van der Waals surface area contributed by atoms with E-state index in [-0.39, 0.29) is 4.90 Å². The zero-order valence-electron chi connectivity index (χ0n) is 15.9. The van der Waals surface area contributed by atoms with Crippen LogP contribution in [0.3, 0.4) is 0 Å². The van der Waals surface area contributed by atoms with Crippen molar-refractivity contribution in [1.29, 1.82) is 10.5 Å². The Morgan fingerprint density at radius 2 is 1.47 bits per heavy atom. The summed E-state index contributed by atoms with van der Waals surface area (Å²) in [5, 5.41) is 23.3. The van der Waals surface area contributed by atoms with Gasteiger partial charge in [0, 0.05) is 15.7 Å². The van der Waals surface area contributed by atoms with Gasteiger partial charge in [-0.15, -0.1) is 10.5 Å². The van der Waals surface area contributed by atoms with E-state index in [2.05, 4.69) is 0 Å². The molecule has 0 saturated carbocycles. The first-order chi connectivity index (χ1) is 14.5. The highest BCUT2D eigenvalue weighted by Gasteiger charge is 2.57. The lowest BCUT2D eigenvalue weighted by atomic mass is 10.2. The van der Waals surface area contributed by atoms with Crippen LogP contribution in [0.15, 0.2) is 76.5 Å². The van der Waals surface area contributed by atoms with E-state index in [0.29, 0.717) is 10.6 Å². The number of nitrogens with zero attached hydrogens (tertiary/aromatic N) is 3. The van der Waals surface area contributed by atoms with Crippen molar-refractivity contribution in [3.63, 3.8) is 0 Å². The summed E-state index contributed by atoms with van der Waals surface area (Å²) < 4.78 is 27.1. The third-order valence-electron chi connectivity index (χ3n) is 5.50. The van der Waals surface area contributed by atoms with Gasteiger partial charge in [-0.3, -0.25) is 0 Å². The smallest absolute Gasteiger partial charge is 0.292 e. The summed E-state index contributed by atoms with van der Waals surface area (Å²) in [5.41, 5.74) is 2.21. The standard InChI is InChI=1S/C23H15N3O2S2/c1-2-29-21-13-7-12-20(22(21)30(27,28)23(29,14-24)15-25)26-18-10-5-3-8-16(18)17-9-4-6-11-19(17)26/h2-13H,1H3. The monoisotopic (exact) mass is 429 g/mol. The average Bonchev–Trinajstić information content (AvgIpc) is 3.20. The Kier molecular flexibility index (Phi) is 3.91. The van der Waals surface area contributed by atoms with Crippen LogP contribution in [0.4, 0.5) is 0 Å². The predicted octanol–water partition coefficient (Wildman–Crippen LogP) is 4.76. The van der Waals surface area contributed by atoms with E-state index in [1.165, 1.54) is 0 Å². The van der Waals surface area contributed by atoms with Crippen LogP contribution >= 0.6 is 10.5 Å². The van der Waals surface area contributed by atoms with E-state index >= 15 is 0 Å². The lowest BCUT2D eigenvalue weighted by Gasteiger charge is -2.14. The van der Waals surface area contributed by atoms with Crippen molar-refractivity contribution >= 4 is 47.5 Å². The van der Waals surface area contributed by atoms with Crippen molar-refractivity contribution in [2.24, 2.45) is 0 Å². The molecule has 5 rings (SSSR count). The Hall–Kier alpha value is -3.39. The minimum absolute atomic E-state index is 0.0704. The molecule has 0 N–H and O–H groups in total. The zero-order chi connectivity index (χ0) is 21.1. The number of rotatable bonds is 1. The molecule has 0 spiro atoms. The SMILES string of the molecule is CC=S1c2cccc(-n3c4ccccc4c4ccccc43)c2S(=O)(=O)C1(C#N)C#N. The number of sulfone groups is 1. The first-order valence-corrected chi connectivity index (χ1v) is 12.0. The number of para-hydroxylation sites is 2. The largest absolute Gasteiger partial charge is 0.308 e. The Balaban J connectivity index is 2.00. The number of nitriles is 2. The Morgan fingerprint density at radius 3 is 2.00 bits per heavy atom. The molecule has 0 saturated heterocycles. The van der Waals surface area contributed by atoms with Crippen LogP contribution < -0.4 is 0 Å². The molecule has 5 nitrogen and oxygen atoms in total. The Labute approximate surface area is 176 Å². The van der Waals surface area contributed by atoms with Crippen LogP contribution in [0.5, 0.6) is 0 Å². The van der Waals surface area contributed by atoms with Gasteiger partial charge in [-0.1, -0.05) is 47.8 Å². The molecule has 1 aliphatic rings. The molecule has 1 aromatic heterocycles. The lowest BCUT2D eigenvalue weighted by Crippen LogP contribution is -2.29. The second-order valence-corrected chi connectivity index (χ2v) is 11.4. The highest BCUT2D eigenvalue weighted by Crippen LogP contribution is 2.57. The van der Waals surface area contributed by atoms with Crippen LogP contribution in [0.25, 0.3) is 27.5 Å². The molecule has 7 heteroatoms. The minimum Gasteiger partial charge on any atom is -0.308 e. The van der Waals surface area contributed by atoms with Crippen molar-refractivity contribution in [2.75, 3.05) is 0 Å². The number of hydrogen-bond donors (Lipinski definition) is 0. The molecule has 0 amide bonds. The number of hydrogen-bond acceptors (Lipinski definition) is 4. The molecule has 30 heavy (non-hydrogen) atoms. The van der Waals surface area contributed by atoms with Crippen LogP contribution in [0, 0.1) is 22.7 Å². The van der Waals surface area contributed by atoms with E-state index in [9.17, 15) is 18.9 Å². The fourth-order valence-electron chi connectivity index (χ4n) is 4.26. The van der Waals surface area contributed by atoms with Gasteiger partial charge in [0.05, 0.1) is 16.7 Å². The van der Waals surface area contributed by atoms with Gasteiger partial charge in [0.2, 0.25) is 9.84 Å². The number of benzene rings is 3. The van der Waals surface area contributed by atoms with Gasteiger partial charge >= 0.3 is 0 Å². The molecule has 4 aromatic rings. The maximum absolute atomic E-state index is 13.7. The van der Waals surface area contributed by atoms with Crippen LogP contribution in [0.2, 0.25) is 0 Å². The van der Waals surface area contributed by atoms with E-state index in [4.69, 9.17) is 0 Å². The molecule has 0 radical (unpaired) electrons. The van der Waals surface area contributed by atoms with E-state index in [0.717, 1.165) is 21.8 Å². The van der Waals surface area contributed by atoms with E-state index in [1.807, 2.05) is 65.2 Å². The second kappa shape index (κ2) is 6.30. The summed E-state index contributed by atoms with van der Waals surface area (Å²) in [5.74, 6) is 0. The normalized spacial score (nSPS) is 18.8. The van der Waals surface area contributed by atoms with Crippen molar-refractivity contribution in [3.8, 4) is 17.8 Å². The molecule has 1 atom stereocenters. The van der Waals surface area contributed by atoms with E-state index < -0.39 is 24.4 Å². The fraction of sp³-hybridized carbons (Fsp3) is 0.0870. The Morgan fingerprint density at radius 1 is 0.900 bits per heavy atom. The van der Waals surface area contributed by atoms with Crippen LogP contribution in [-0.2, 0) is 9.84 Å². The minimum atomic E-state index is -4.23. The van der Waals surface area contributed by atoms with Gasteiger partial charge in [-0.25, -0.2) is 8.42 Å². The summed E-state index contributed by atoms with van der Waals surface area (Å²) in [7, 11) is -5.39. The van der Waals surface area contributed by atoms with Gasteiger partial charge in [0.1, 0.15) is 17.0 Å². The summed E-state index contributed by atoms with van der Waals surface area (Å²) in [6.07, 6.45) is 0. The van der Waals surface area contributed by atoms with Gasteiger partial charge in [0.25, 0.3) is 4.08 Å². The third kappa shape index (κ3) is 2.06. The molecular formula is C23H15N3O2S2. The molecule has 0 aliphatic carbocycles. The maximum Gasteiger partial charge on any atom is 0.292 e. The summed E-state index contributed by atoms with van der Waals surface area (Å²) in [6.45, 7) is 1.70. The third-order valence-corrected chi connectivity index (χ3v) is 10.8. The highest BCUT2D eigenvalue weighted by atomic mass is 32.3. The molecular weight excluding hydrogens is 414 g/mol. The zero-order valence-corrected chi connectivity index (χ0v) is 17.5. The first-order valence-electron chi connectivity index (χ1n) is 9.23. The molecule has 146 valence electrons. The number of fused-ring (bicyclic) bond motifs is 4. The van der Waals surface area contributed by atoms with Crippen LogP contribution in [-0.4, -0.2) is 22.4 Å². The van der Waals surface area contributed by atoms with Gasteiger partial charge in [0.15, 0.2) is 0 Å². The van der Waals surface area contributed by atoms with Gasteiger partial charge < -0.3 is 4.57 Å². The summed E-state index contributed by atoms with van der Waals surface area (Å²) in [4.78, 5) is 0.584. The van der Waals surface area contributed by atoms with Gasteiger partial charge in [-0.2, -0.15) is 10.5 Å². The Bertz CT molecular complexity index is 1530. The van der Waals surface area contributed by atoms with Crippen molar-refractivity contribution < 1.29 is 8.42 Å². The molecule has 2 heterocycles. The highest BCUT2D eigenvalue weighted by molar-refractivity contribution is 8.27. The number of aromatic nitrogens is 1. The topological polar surface area (TPSA) is 86.7 Å². The second-order valence-electron chi connectivity index (χ2n) is 6.89. The van der Waals surface area contributed by atoms with Crippen LogP contribution in [0.1, 0.15) is 6.92 Å². The molecule has 0 fully saturated rings. The molecule has 1 unspecified atom stereocenters. The lowest BCUT2D eigenvalue weighted by molar-refractivity contribution is 0.592. The van der Waals surface area contributed by atoms with Crippen molar-refractivity contribution in [3.05, 3.63) is 66.7 Å².